The molecule has 0 bridgehead atoms. The molecule has 1 aromatic carbocycles. The number of hydrogen-bond acceptors (Lipinski definition) is 10. The number of likely N-dealkylation sites (tertiary alicyclic amines) is 2. The van der Waals surface area contributed by atoms with Gasteiger partial charge in [-0.3, -0.25) is 14.4 Å². The number of amides is 2. The van der Waals surface area contributed by atoms with Crippen molar-refractivity contribution < 1.29 is 46.6 Å². The third-order valence-corrected chi connectivity index (χ3v) is 10.9. The number of carbonyl (C=O) groups excluding carboxylic acids is 4. The number of carbonyl (C=O) groups is 4. The predicted octanol–water partition coefficient (Wildman–Crippen LogP) is 4.32. The Morgan fingerprint density at radius 3 is 2.43 bits per heavy atom. The minimum atomic E-state index is -5.23. The van der Waals surface area contributed by atoms with Gasteiger partial charge in [0.05, 0.1) is 29.0 Å². The first-order valence-corrected chi connectivity index (χ1v) is 18.0. The summed E-state index contributed by atoms with van der Waals surface area (Å²) in [6.45, 7) is 5.53. The van der Waals surface area contributed by atoms with E-state index in [2.05, 4.69) is 4.90 Å². The Bertz CT molecular complexity index is 2050. The number of rotatable bonds is 7. The van der Waals surface area contributed by atoms with Gasteiger partial charge in [0, 0.05) is 35.6 Å². The molecule has 0 aliphatic carbocycles. The highest BCUT2D eigenvalue weighted by Crippen LogP contribution is 2.42. The Balaban J connectivity index is 1.15. The molecule has 0 radical (unpaired) electrons. The number of aryl methyl sites for hydroxylation is 1. The molecule has 1 N–H and O–H groups in total. The molecule has 2 amide bonds. The highest BCUT2D eigenvalue weighted by molar-refractivity contribution is 5.92. The smallest absolute Gasteiger partial charge is 0.457 e. The van der Waals surface area contributed by atoms with Crippen molar-refractivity contribution in [2.24, 2.45) is 0 Å². The highest BCUT2D eigenvalue weighted by Gasteiger charge is 2.51. The zero-order valence-corrected chi connectivity index (χ0v) is 29.5. The average Bonchev–Trinajstić information content (AvgIpc) is 3.52. The van der Waals surface area contributed by atoms with Crippen LogP contribution < -0.4 is 15.6 Å². The number of piperidine rings is 2. The topological polar surface area (TPSA) is 149 Å². The van der Waals surface area contributed by atoms with Crippen molar-refractivity contribution >= 4 is 34.8 Å². The Labute approximate surface area is 302 Å². The molecule has 0 unspecified atom stereocenters. The quantitative estimate of drug-likeness (QED) is 0.272. The number of cyclic esters (lactones) is 1. The summed E-state index contributed by atoms with van der Waals surface area (Å²) in [5.74, 6) is -4.31. The van der Waals surface area contributed by atoms with E-state index in [-0.39, 0.29) is 24.1 Å². The number of nitrogens with zero attached hydrogens (tertiary/aromatic N) is 4. The first-order chi connectivity index (χ1) is 25.3. The second-order valence-electron chi connectivity index (χ2n) is 13.9. The van der Waals surface area contributed by atoms with Crippen LogP contribution in [0, 0.1) is 0 Å². The van der Waals surface area contributed by atoms with Gasteiger partial charge in [0.15, 0.2) is 0 Å². The average molecular weight is 740 g/mol. The number of nitrogens with one attached hydrogen (secondary N) is 1. The highest BCUT2D eigenvalue weighted by atomic mass is 19.4. The minimum Gasteiger partial charge on any atom is -0.457 e. The van der Waals surface area contributed by atoms with Crippen LogP contribution in [0.4, 0.5) is 18.0 Å². The molecular formula is C37H40F3N5O8. The Morgan fingerprint density at radius 1 is 1.02 bits per heavy atom. The van der Waals surface area contributed by atoms with Crippen LogP contribution in [0.5, 0.6) is 5.75 Å². The SMILES string of the molecule is CCc1c2c(nc3ccc(OC(=O)N4CCC(N5CCCCC5)CC4)cc13)-c1cc3c(c(=O)n1C2)COC(=O)[C@@]3(CC)OC(=O)CNC(=O)C(F)(F)F. The number of fused-ring (bicyclic) bond motifs is 5. The number of hydrogen-bond donors (Lipinski definition) is 1. The molecule has 282 valence electrons. The van der Waals surface area contributed by atoms with Crippen LogP contribution in [0.2, 0.25) is 0 Å². The summed E-state index contributed by atoms with van der Waals surface area (Å²) in [4.78, 5) is 73.6. The molecule has 0 spiro atoms. The lowest BCUT2D eigenvalue weighted by Crippen LogP contribution is -2.49. The zero-order chi connectivity index (χ0) is 37.7. The molecule has 4 aliphatic rings. The van der Waals surface area contributed by atoms with Gasteiger partial charge in [-0.25, -0.2) is 14.6 Å². The van der Waals surface area contributed by atoms with Gasteiger partial charge < -0.3 is 33.9 Å². The third kappa shape index (κ3) is 6.61. The number of ether oxygens (including phenoxy) is 3. The number of pyridine rings is 2. The third-order valence-electron chi connectivity index (χ3n) is 10.9. The fraction of sp³-hybridized carbons (Fsp3) is 0.514. The normalized spacial score (nSPS) is 20.3. The molecule has 1 atom stereocenters. The molecule has 53 heavy (non-hydrogen) atoms. The van der Waals surface area contributed by atoms with E-state index in [1.165, 1.54) is 42.1 Å². The summed E-state index contributed by atoms with van der Waals surface area (Å²) in [5.41, 5.74) is 0.473. The molecule has 6 heterocycles. The Kier molecular flexibility index (Phi) is 9.68. The van der Waals surface area contributed by atoms with Crippen LogP contribution >= 0.6 is 0 Å². The standard InChI is InChI=1S/C37H40F3N5O8/c1-3-23-24-16-22(52-35(50)44-14-10-21(11-15-44)43-12-6-5-7-13-43)8-9-28(24)42-31-25(23)19-45-29(31)17-27-26(32(45)47)20-51-34(49)36(27,4-2)53-30(46)18-41-33(48)37(38,39)40/h8-9,16-17,21H,3-7,10-15,18-20H2,1-2H3,(H,41,48)/t36-/m0/s1. The summed E-state index contributed by atoms with van der Waals surface area (Å²) in [6.07, 6.45) is 0.250. The maximum Gasteiger partial charge on any atom is 0.471 e. The van der Waals surface area contributed by atoms with E-state index in [9.17, 15) is 37.1 Å². The van der Waals surface area contributed by atoms with Crippen molar-refractivity contribution in [3.8, 4) is 17.1 Å². The van der Waals surface area contributed by atoms with Gasteiger partial charge in [0.2, 0.25) is 5.60 Å². The molecule has 16 heteroatoms. The van der Waals surface area contributed by atoms with Gasteiger partial charge in [0.1, 0.15) is 18.9 Å². The van der Waals surface area contributed by atoms with Crippen molar-refractivity contribution in [1.29, 1.82) is 0 Å². The zero-order valence-electron chi connectivity index (χ0n) is 29.5. The van der Waals surface area contributed by atoms with E-state index in [1.807, 2.05) is 6.92 Å². The van der Waals surface area contributed by atoms with Crippen molar-refractivity contribution in [3.05, 3.63) is 56.9 Å². The van der Waals surface area contributed by atoms with E-state index >= 15 is 0 Å². The maximum atomic E-state index is 14.0. The Hall–Kier alpha value is -4.99. The van der Waals surface area contributed by atoms with E-state index in [4.69, 9.17) is 19.2 Å². The summed E-state index contributed by atoms with van der Waals surface area (Å²) >= 11 is 0. The van der Waals surface area contributed by atoms with Crippen LogP contribution in [-0.2, 0) is 49.0 Å². The molecule has 2 saturated heterocycles. The summed E-state index contributed by atoms with van der Waals surface area (Å²) in [5, 5.41) is 2.19. The van der Waals surface area contributed by atoms with Gasteiger partial charge >= 0.3 is 30.1 Å². The van der Waals surface area contributed by atoms with Gasteiger partial charge in [-0.15, -0.1) is 0 Å². The first kappa shape index (κ1) is 36.4. The monoisotopic (exact) mass is 739 g/mol. The van der Waals surface area contributed by atoms with E-state index in [0.29, 0.717) is 48.2 Å². The lowest BCUT2D eigenvalue weighted by Gasteiger charge is -2.39. The minimum absolute atomic E-state index is 0.0398. The van der Waals surface area contributed by atoms with Crippen molar-refractivity contribution in [3.63, 3.8) is 0 Å². The van der Waals surface area contributed by atoms with Crippen LogP contribution in [-0.4, -0.2) is 88.2 Å². The summed E-state index contributed by atoms with van der Waals surface area (Å²) in [7, 11) is 0. The predicted molar refractivity (Wildman–Crippen MR) is 183 cm³/mol. The molecule has 2 fully saturated rings. The molecule has 2 aromatic heterocycles. The van der Waals surface area contributed by atoms with Crippen LogP contribution in [0.1, 0.15) is 74.6 Å². The summed E-state index contributed by atoms with van der Waals surface area (Å²) < 4.78 is 56.2. The van der Waals surface area contributed by atoms with Gasteiger partial charge in [-0.1, -0.05) is 20.3 Å². The van der Waals surface area contributed by atoms with Gasteiger partial charge in [0.25, 0.3) is 5.56 Å². The molecule has 0 saturated carbocycles. The summed E-state index contributed by atoms with van der Waals surface area (Å²) in [6, 6.07) is 7.22. The molecule has 7 rings (SSSR count). The van der Waals surface area contributed by atoms with Crippen LogP contribution in [0.15, 0.2) is 29.1 Å². The number of halogens is 3. The molecule has 3 aromatic rings. The van der Waals surface area contributed by atoms with Gasteiger partial charge in [-0.2, -0.15) is 13.2 Å². The largest absolute Gasteiger partial charge is 0.471 e. The first-order valence-electron chi connectivity index (χ1n) is 18.0. The van der Waals surface area contributed by atoms with E-state index in [0.717, 1.165) is 42.4 Å². The number of esters is 2. The lowest BCUT2D eigenvalue weighted by atomic mass is 9.85. The molecule has 13 nitrogen and oxygen atoms in total. The fourth-order valence-electron chi connectivity index (χ4n) is 8.11. The van der Waals surface area contributed by atoms with Crippen LogP contribution in [0.25, 0.3) is 22.3 Å². The number of benzene rings is 1. The lowest BCUT2D eigenvalue weighted by molar-refractivity contribution is -0.190. The van der Waals surface area contributed by atoms with Crippen LogP contribution in [0.3, 0.4) is 0 Å². The second-order valence-corrected chi connectivity index (χ2v) is 13.9. The van der Waals surface area contributed by atoms with E-state index < -0.39 is 54.4 Å². The number of alkyl halides is 3. The fourth-order valence-corrected chi connectivity index (χ4v) is 8.11. The second kappa shape index (κ2) is 14.1. The van der Waals surface area contributed by atoms with Gasteiger partial charge in [-0.05, 0) is 81.4 Å². The molecule has 4 aliphatic heterocycles. The molecular weight excluding hydrogens is 699 g/mol. The van der Waals surface area contributed by atoms with Crippen molar-refractivity contribution in [2.75, 3.05) is 32.7 Å². The van der Waals surface area contributed by atoms with Crippen molar-refractivity contribution in [1.82, 2.24) is 24.7 Å². The maximum absolute atomic E-state index is 14.0. The number of aromatic nitrogens is 2. The van der Waals surface area contributed by atoms with Crippen molar-refractivity contribution in [2.45, 2.75) is 89.8 Å². The Morgan fingerprint density at radius 2 is 1.75 bits per heavy atom. The van der Waals surface area contributed by atoms with E-state index in [1.54, 1.807) is 23.1 Å².